The van der Waals surface area contributed by atoms with Gasteiger partial charge < -0.3 is 28.0 Å². The highest BCUT2D eigenvalue weighted by molar-refractivity contribution is 9.10. The quantitative estimate of drug-likeness (QED) is 0.160. The van der Waals surface area contributed by atoms with E-state index in [4.69, 9.17) is 18.9 Å². The van der Waals surface area contributed by atoms with Gasteiger partial charge in [-0.15, -0.1) is 0 Å². The lowest BCUT2D eigenvalue weighted by molar-refractivity contribution is 0.426. The highest BCUT2D eigenvalue weighted by Gasteiger charge is 2.19. The Hall–Kier alpha value is -10.7. The lowest BCUT2D eigenvalue weighted by atomic mass is 9.80. The molecule has 0 aliphatic heterocycles. The molecular formula is C74H46BBrN4O4. The first-order valence-electron chi connectivity index (χ1n) is 27.4. The number of fused-ring (bicyclic) bond motifs is 12. The molecule has 16 rings (SSSR count). The van der Waals surface area contributed by atoms with E-state index in [1.165, 1.54) is 32.6 Å². The van der Waals surface area contributed by atoms with Gasteiger partial charge in [-0.25, -0.2) is 0 Å². The van der Waals surface area contributed by atoms with E-state index in [1.54, 1.807) is 18.2 Å². The Morgan fingerprint density at radius 1 is 0.333 bits per heavy atom. The van der Waals surface area contributed by atoms with E-state index in [-0.39, 0.29) is 0 Å². The maximum Gasteiger partial charge on any atom is 0.488 e. The molecule has 2 N–H and O–H groups in total. The minimum Gasteiger partial charge on any atom is -0.456 e. The molecule has 8 nitrogen and oxygen atoms in total. The summed E-state index contributed by atoms with van der Waals surface area (Å²) < 4.78 is 17.3. The Balaban J connectivity index is 0.000000123. The van der Waals surface area contributed by atoms with Gasteiger partial charge in [0.2, 0.25) is 0 Å². The van der Waals surface area contributed by atoms with E-state index < -0.39 is 7.12 Å². The summed E-state index contributed by atoms with van der Waals surface area (Å²) in [4.78, 5) is 0. The first kappa shape index (κ1) is 51.4. The van der Waals surface area contributed by atoms with E-state index in [9.17, 15) is 10.5 Å². The van der Waals surface area contributed by atoms with Gasteiger partial charge in [0.05, 0.1) is 45.3 Å². The molecule has 0 unspecified atom stereocenters. The third-order valence-corrected chi connectivity index (χ3v) is 16.1. The Morgan fingerprint density at radius 2 is 0.714 bits per heavy atom. The topological polar surface area (TPSA) is 124 Å². The monoisotopic (exact) mass is 1140 g/mol. The third-order valence-electron chi connectivity index (χ3n) is 15.6. The molecule has 0 amide bonds. The zero-order chi connectivity index (χ0) is 56.8. The fourth-order valence-electron chi connectivity index (χ4n) is 11.8. The first-order chi connectivity index (χ1) is 41.3. The van der Waals surface area contributed by atoms with Crippen LogP contribution in [0.15, 0.2) is 280 Å². The number of para-hydroxylation sites is 6. The fraction of sp³-hybridized carbons (Fsp3) is 0. The van der Waals surface area contributed by atoms with Crippen molar-refractivity contribution in [1.82, 2.24) is 9.13 Å². The van der Waals surface area contributed by atoms with Crippen molar-refractivity contribution >= 4 is 116 Å². The van der Waals surface area contributed by atoms with E-state index in [0.717, 1.165) is 104 Å². The number of nitriles is 2. The van der Waals surface area contributed by atoms with Crippen LogP contribution in [0, 0.1) is 22.7 Å². The smallest absolute Gasteiger partial charge is 0.456 e. The number of aromatic nitrogens is 2. The van der Waals surface area contributed by atoms with Crippen LogP contribution >= 0.6 is 15.9 Å². The van der Waals surface area contributed by atoms with Crippen LogP contribution in [0.25, 0.3) is 132 Å². The minimum absolute atomic E-state index is 0.471. The highest BCUT2D eigenvalue weighted by Crippen LogP contribution is 2.40. The van der Waals surface area contributed by atoms with Crippen LogP contribution in [0.3, 0.4) is 0 Å². The van der Waals surface area contributed by atoms with Gasteiger partial charge in [-0.2, -0.15) is 10.5 Å². The van der Waals surface area contributed by atoms with Gasteiger partial charge >= 0.3 is 7.12 Å². The van der Waals surface area contributed by atoms with Crippen molar-refractivity contribution in [3.05, 3.63) is 283 Å². The standard InChI is InChI=1S/C37H22N2O.C25H15BrN2.C12H9BO3/c38-23-25-9-1-2-10-29(25)27-19-26(24-17-18-37-33(22-24)32-13-5-8-16-36(32)40-37)20-28(21-27)39-34-14-6-3-11-30(34)31-12-4-7-15-35(31)39;26-19-13-18(21-8-2-1-7-17(21)16-27)14-20(15-19)28-24-11-5-3-9-22(24)23-10-4-6-12-25(23)28;14-13(15)8-5-6-12-10(7-8)9-3-1-2-4-11(9)16-12/h1-22H;1-15H;1-7,14-15H. The van der Waals surface area contributed by atoms with Gasteiger partial charge in [0, 0.05) is 58.9 Å². The summed E-state index contributed by atoms with van der Waals surface area (Å²) in [7, 11) is -1.45. The van der Waals surface area contributed by atoms with Gasteiger partial charge in [0.25, 0.3) is 0 Å². The highest BCUT2D eigenvalue weighted by atomic mass is 79.9. The van der Waals surface area contributed by atoms with Gasteiger partial charge in [0.15, 0.2) is 0 Å². The molecule has 0 aliphatic carbocycles. The molecule has 0 spiro atoms. The second kappa shape index (κ2) is 21.6. The van der Waals surface area contributed by atoms with Crippen LogP contribution in [-0.2, 0) is 0 Å². The normalized spacial score (nSPS) is 11.2. The number of benzene rings is 12. The number of hydrogen-bond donors (Lipinski definition) is 2. The number of rotatable bonds is 6. The zero-order valence-corrected chi connectivity index (χ0v) is 46.4. The molecule has 0 atom stereocenters. The maximum atomic E-state index is 9.93. The molecule has 0 radical (unpaired) electrons. The summed E-state index contributed by atoms with van der Waals surface area (Å²) in [5, 5.41) is 46.7. The van der Waals surface area contributed by atoms with E-state index in [1.807, 2.05) is 91.0 Å². The summed E-state index contributed by atoms with van der Waals surface area (Å²) in [5.41, 5.74) is 17.9. The summed E-state index contributed by atoms with van der Waals surface area (Å²) in [6.07, 6.45) is 0. The first-order valence-corrected chi connectivity index (χ1v) is 28.2. The molecule has 12 aromatic carbocycles. The Kier molecular flexibility index (Phi) is 13.3. The Morgan fingerprint density at radius 3 is 1.20 bits per heavy atom. The van der Waals surface area contributed by atoms with Crippen LogP contribution in [0.2, 0.25) is 0 Å². The van der Waals surface area contributed by atoms with Crippen molar-refractivity contribution in [2.45, 2.75) is 0 Å². The average molecular weight is 1150 g/mol. The SMILES string of the molecule is N#Cc1ccccc1-c1cc(-c2ccc3oc4ccccc4c3c2)cc(-n2c3ccccc3c3ccccc32)c1.N#Cc1ccccc1-c1cc(Br)cc(-n2c3ccccc3c3ccccc32)c1.OB(O)c1ccc2oc3ccccc3c2c1. The van der Waals surface area contributed by atoms with Gasteiger partial charge in [-0.05, 0) is 142 Å². The summed E-state index contributed by atoms with van der Waals surface area (Å²) >= 11 is 3.67. The molecule has 0 fully saturated rings. The maximum absolute atomic E-state index is 9.93. The van der Waals surface area contributed by atoms with Crippen molar-refractivity contribution in [3.63, 3.8) is 0 Å². The lowest BCUT2D eigenvalue weighted by Crippen LogP contribution is -2.29. The Labute approximate surface area is 491 Å². The number of furan rings is 2. The second-order valence-electron chi connectivity index (χ2n) is 20.6. The van der Waals surface area contributed by atoms with Gasteiger partial charge in [0.1, 0.15) is 22.3 Å². The average Bonchev–Trinajstić information content (AvgIpc) is 3.71. The van der Waals surface area contributed by atoms with Crippen molar-refractivity contribution < 1.29 is 18.9 Å². The van der Waals surface area contributed by atoms with E-state index >= 15 is 0 Å². The lowest BCUT2D eigenvalue weighted by Gasteiger charge is -2.14. The van der Waals surface area contributed by atoms with E-state index in [2.05, 4.69) is 195 Å². The van der Waals surface area contributed by atoms with Crippen molar-refractivity contribution in [2.75, 3.05) is 0 Å². The number of hydrogen-bond acceptors (Lipinski definition) is 6. The fourth-order valence-corrected chi connectivity index (χ4v) is 12.3. The molecule has 396 valence electrons. The third kappa shape index (κ3) is 9.23. The van der Waals surface area contributed by atoms with Crippen molar-refractivity contribution in [2.24, 2.45) is 0 Å². The number of halogens is 1. The minimum atomic E-state index is -1.45. The number of nitrogens with zero attached hydrogens (tertiary/aromatic N) is 4. The van der Waals surface area contributed by atoms with Gasteiger partial charge in [-0.1, -0.05) is 180 Å². The zero-order valence-electron chi connectivity index (χ0n) is 44.9. The molecule has 84 heavy (non-hydrogen) atoms. The van der Waals surface area contributed by atoms with Crippen molar-refractivity contribution in [1.29, 1.82) is 10.5 Å². The molecule has 10 heteroatoms. The van der Waals surface area contributed by atoms with Crippen LogP contribution in [-0.4, -0.2) is 26.3 Å². The summed E-state index contributed by atoms with van der Waals surface area (Å²) in [6, 6.07) is 94.6. The molecule has 0 saturated heterocycles. The van der Waals surface area contributed by atoms with E-state index in [0.29, 0.717) is 16.6 Å². The van der Waals surface area contributed by atoms with Crippen LogP contribution in [0.1, 0.15) is 11.1 Å². The molecule has 4 aromatic heterocycles. The summed E-state index contributed by atoms with van der Waals surface area (Å²) in [6.45, 7) is 0. The molecular weight excluding hydrogens is 1100 g/mol. The largest absolute Gasteiger partial charge is 0.488 e. The molecule has 0 bridgehead atoms. The predicted molar refractivity (Wildman–Crippen MR) is 346 cm³/mol. The second-order valence-corrected chi connectivity index (χ2v) is 21.5. The molecule has 4 heterocycles. The molecule has 0 aliphatic rings. The predicted octanol–water partition coefficient (Wildman–Crippen LogP) is 18.2. The molecule has 0 saturated carbocycles. The van der Waals surface area contributed by atoms with Crippen molar-refractivity contribution in [3.8, 4) is 56.9 Å². The van der Waals surface area contributed by atoms with Gasteiger partial charge in [-0.3, -0.25) is 0 Å². The van der Waals surface area contributed by atoms with Crippen LogP contribution in [0.4, 0.5) is 0 Å². The van der Waals surface area contributed by atoms with Crippen LogP contribution < -0.4 is 5.46 Å². The summed E-state index contributed by atoms with van der Waals surface area (Å²) in [5.74, 6) is 0. The van der Waals surface area contributed by atoms with Crippen LogP contribution in [0.5, 0.6) is 0 Å². The molecule has 16 aromatic rings. The Bertz CT molecular complexity index is 5220.